The Bertz CT molecular complexity index is 435. The summed E-state index contributed by atoms with van der Waals surface area (Å²) in [6.45, 7) is 3.34. The summed E-state index contributed by atoms with van der Waals surface area (Å²) in [7, 11) is 0. The van der Waals surface area contributed by atoms with E-state index in [0.717, 1.165) is 5.56 Å². The number of halogens is 1. The topological polar surface area (TPSA) is 49.3 Å². The smallest absolute Gasteiger partial charge is 0.228 e. The normalized spacial score (nSPS) is 15.1. The summed E-state index contributed by atoms with van der Waals surface area (Å²) in [6, 6.07) is 3.44. The van der Waals surface area contributed by atoms with Gasteiger partial charge in [0.1, 0.15) is 0 Å². The highest BCUT2D eigenvalue weighted by Gasteiger charge is 2.28. The van der Waals surface area contributed by atoms with Crippen LogP contribution >= 0.6 is 11.6 Å². The van der Waals surface area contributed by atoms with Gasteiger partial charge >= 0.3 is 0 Å². The molecule has 1 aliphatic heterocycles. The van der Waals surface area contributed by atoms with Gasteiger partial charge in [0.25, 0.3) is 0 Å². The number of carbonyl (C=O) groups excluding carboxylic acids is 1. The number of hydrogen-bond donors (Lipinski definition) is 2. The summed E-state index contributed by atoms with van der Waals surface area (Å²) >= 11 is 5.93. The summed E-state index contributed by atoms with van der Waals surface area (Å²) in [5.41, 5.74) is 1.21. The van der Waals surface area contributed by atoms with Gasteiger partial charge in [0.15, 0.2) is 0 Å². The monoisotopic (exact) mass is 225 g/mol. The van der Waals surface area contributed by atoms with Gasteiger partial charge in [-0.15, -0.1) is 0 Å². The molecule has 1 heterocycles. The van der Waals surface area contributed by atoms with Crippen LogP contribution in [-0.4, -0.2) is 11.0 Å². The molecule has 3 nitrogen and oxygen atoms in total. The number of hydrogen-bond acceptors (Lipinski definition) is 2. The van der Waals surface area contributed by atoms with Crippen LogP contribution in [0.3, 0.4) is 0 Å². The van der Waals surface area contributed by atoms with E-state index in [2.05, 4.69) is 5.32 Å². The Morgan fingerprint density at radius 2 is 2.13 bits per heavy atom. The van der Waals surface area contributed by atoms with Gasteiger partial charge in [0.2, 0.25) is 5.91 Å². The molecule has 0 bridgehead atoms. The highest BCUT2D eigenvalue weighted by Crippen LogP contribution is 2.36. The number of benzene rings is 1. The fourth-order valence-corrected chi connectivity index (χ4v) is 2.03. The molecule has 0 aliphatic carbocycles. The molecule has 0 saturated heterocycles. The molecule has 80 valence electrons. The average Bonchev–Trinajstić information content (AvgIpc) is 2.41. The first-order valence-corrected chi connectivity index (χ1v) is 5.11. The van der Waals surface area contributed by atoms with Crippen molar-refractivity contribution in [1.82, 2.24) is 0 Å². The predicted molar refractivity (Wildman–Crippen MR) is 59.0 cm³/mol. The van der Waals surface area contributed by atoms with E-state index >= 15 is 0 Å². The van der Waals surface area contributed by atoms with Crippen molar-refractivity contribution < 1.29 is 9.90 Å². The lowest BCUT2D eigenvalue weighted by molar-refractivity contribution is -0.115. The second-order valence-corrected chi connectivity index (χ2v) is 4.71. The lowest BCUT2D eigenvalue weighted by Crippen LogP contribution is -2.18. The molecular formula is C11H12ClNO2. The first kappa shape index (κ1) is 10.5. The van der Waals surface area contributed by atoms with E-state index in [0.29, 0.717) is 22.7 Å². The Labute approximate surface area is 93.1 Å². The van der Waals surface area contributed by atoms with Crippen molar-refractivity contribution in [2.24, 2.45) is 0 Å². The number of aliphatic hydroxyl groups is 1. The summed E-state index contributed by atoms with van der Waals surface area (Å²) in [5.74, 6) is -0.0576. The molecule has 0 aromatic heterocycles. The molecule has 0 unspecified atom stereocenters. The lowest BCUT2D eigenvalue weighted by atomic mass is 9.94. The first-order valence-electron chi connectivity index (χ1n) is 4.73. The van der Waals surface area contributed by atoms with Crippen LogP contribution in [0.1, 0.15) is 25.0 Å². The highest BCUT2D eigenvalue weighted by atomic mass is 35.5. The molecular weight excluding hydrogens is 214 g/mol. The van der Waals surface area contributed by atoms with E-state index < -0.39 is 5.60 Å². The van der Waals surface area contributed by atoms with E-state index in [1.54, 1.807) is 26.0 Å². The lowest BCUT2D eigenvalue weighted by Gasteiger charge is -2.21. The van der Waals surface area contributed by atoms with Gasteiger partial charge in [0, 0.05) is 10.6 Å². The summed E-state index contributed by atoms with van der Waals surface area (Å²) in [4.78, 5) is 11.3. The third-order valence-electron chi connectivity index (χ3n) is 2.46. The quantitative estimate of drug-likeness (QED) is 0.769. The second kappa shape index (κ2) is 3.22. The van der Waals surface area contributed by atoms with Crippen LogP contribution in [-0.2, 0) is 16.8 Å². The predicted octanol–water partition coefficient (Wildman–Crippen LogP) is 2.06. The summed E-state index contributed by atoms with van der Waals surface area (Å²) in [5, 5.41) is 13.2. The van der Waals surface area contributed by atoms with Crippen LogP contribution < -0.4 is 5.32 Å². The van der Waals surface area contributed by atoms with Gasteiger partial charge in [-0.3, -0.25) is 4.79 Å². The molecule has 15 heavy (non-hydrogen) atoms. The maximum Gasteiger partial charge on any atom is 0.228 e. The van der Waals surface area contributed by atoms with Crippen LogP contribution in [0.4, 0.5) is 5.69 Å². The minimum absolute atomic E-state index is 0.0576. The molecule has 1 aliphatic rings. The van der Waals surface area contributed by atoms with Crippen molar-refractivity contribution in [2.75, 3.05) is 5.32 Å². The second-order valence-electron chi connectivity index (χ2n) is 4.27. The maximum absolute atomic E-state index is 11.3. The molecule has 2 rings (SSSR count). The number of carbonyl (C=O) groups is 1. The summed E-state index contributed by atoms with van der Waals surface area (Å²) in [6.07, 6.45) is 0.332. The van der Waals surface area contributed by atoms with Gasteiger partial charge in [-0.1, -0.05) is 11.6 Å². The van der Waals surface area contributed by atoms with E-state index in [9.17, 15) is 9.90 Å². The van der Waals surface area contributed by atoms with Crippen LogP contribution in [0.2, 0.25) is 5.02 Å². The molecule has 2 N–H and O–H groups in total. The molecule has 1 aromatic rings. The Hall–Kier alpha value is -1.06. The summed E-state index contributed by atoms with van der Waals surface area (Å²) < 4.78 is 0. The fourth-order valence-electron chi connectivity index (χ4n) is 1.79. The van der Waals surface area contributed by atoms with Crippen LogP contribution in [0.15, 0.2) is 12.1 Å². The number of rotatable bonds is 1. The van der Waals surface area contributed by atoms with Gasteiger partial charge in [0.05, 0.1) is 17.7 Å². The molecule has 0 atom stereocenters. The number of nitrogens with one attached hydrogen (secondary N) is 1. The zero-order chi connectivity index (χ0) is 11.2. The third-order valence-corrected chi connectivity index (χ3v) is 2.68. The minimum atomic E-state index is -1.01. The molecule has 1 amide bonds. The van der Waals surface area contributed by atoms with Crippen molar-refractivity contribution >= 4 is 23.2 Å². The molecule has 1 aromatic carbocycles. The molecule has 0 radical (unpaired) electrons. The van der Waals surface area contributed by atoms with Crippen molar-refractivity contribution in [2.45, 2.75) is 25.9 Å². The van der Waals surface area contributed by atoms with Crippen molar-refractivity contribution in [3.05, 3.63) is 28.3 Å². The first-order chi connectivity index (χ1) is 6.88. The molecule has 0 spiro atoms. The zero-order valence-corrected chi connectivity index (χ0v) is 9.35. The van der Waals surface area contributed by atoms with E-state index in [4.69, 9.17) is 11.6 Å². The molecule has 4 heteroatoms. The maximum atomic E-state index is 11.3. The highest BCUT2D eigenvalue weighted by molar-refractivity contribution is 6.31. The van der Waals surface area contributed by atoms with Crippen LogP contribution in [0, 0.1) is 0 Å². The Morgan fingerprint density at radius 1 is 1.47 bits per heavy atom. The number of amides is 1. The van der Waals surface area contributed by atoms with Crippen molar-refractivity contribution in [3.8, 4) is 0 Å². The third kappa shape index (κ3) is 1.85. The Morgan fingerprint density at radius 3 is 2.73 bits per heavy atom. The fraction of sp³-hybridized carbons (Fsp3) is 0.364. The Balaban J connectivity index is 2.62. The minimum Gasteiger partial charge on any atom is -0.386 e. The van der Waals surface area contributed by atoms with Crippen LogP contribution in [0.25, 0.3) is 0 Å². The SMILES string of the molecule is CC(C)(O)c1cc(Cl)cc2c1NC(=O)C2. The van der Waals surface area contributed by atoms with Crippen molar-refractivity contribution in [3.63, 3.8) is 0 Å². The molecule has 0 saturated carbocycles. The van der Waals surface area contributed by atoms with E-state index in [-0.39, 0.29) is 5.91 Å². The van der Waals surface area contributed by atoms with Gasteiger partial charge in [-0.2, -0.15) is 0 Å². The number of anilines is 1. The largest absolute Gasteiger partial charge is 0.386 e. The van der Waals surface area contributed by atoms with E-state index in [1.165, 1.54) is 0 Å². The zero-order valence-electron chi connectivity index (χ0n) is 8.60. The van der Waals surface area contributed by atoms with Crippen molar-refractivity contribution in [1.29, 1.82) is 0 Å². The van der Waals surface area contributed by atoms with Gasteiger partial charge in [-0.25, -0.2) is 0 Å². The van der Waals surface area contributed by atoms with Crippen LogP contribution in [0.5, 0.6) is 0 Å². The van der Waals surface area contributed by atoms with Gasteiger partial charge in [-0.05, 0) is 31.5 Å². The standard InChI is InChI=1S/C11H12ClNO2/c1-11(2,15)8-5-7(12)3-6-4-9(14)13-10(6)8/h3,5,15H,4H2,1-2H3,(H,13,14). The molecule has 0 fully saturated rings. The van der Waals surface area contributed by atoms with Gasteiger partial charge < -0.3 is 10.4 Å². The number of fused-ring (bicyclic) bond motifs is 1. The average molecular weight is 226 g/mol. The Kier molecular flexibility index (Phi) is 2.24. The van der Waals surface area contributed by atoms with E-state index in [1.807, 2.05) is 0 Å².